The van der Waals surface area contributed by atoms with Gasteiger partial charge in [-0.15, -0.1) is 21.6 Å². The molecule has 1 radical (unpaired) electrons. The fourth-order valence-corrected chi connectivity index (χ4v) is 5.76. The third-order valence-corrected chi connectivity index (χ3v) is 9.48. The normalized spacial score (nSPS) is 11.4. The van der Waals surface area contributed by atoms with Crippen LogP contribution in [0.15, 0.2) is 125 Å². The molecule has 0 unspecified atom stereocenters. The van der Waals surface area contributed by atoms with Crippen molar-refractivity contribution in [3.63, 3.8) is 0 Å². The number of aryl methyl sites for hydroxylation is 2. The van der Waals surface area contributed by atoms with Gasteiger partial charge in [0.1, 0.15) is 11.4 Å². The molecule has 0 atom stereocenters. The first kappa shape index (κ1) is 48.2. The van der Waals surface area contributed by atoms with Crippen LogP contribution in [0.5, 0.6) is 11.5 Å². The fourth-order valence-electron chi connectivity index (χ4n) is 4.73. The van der Waals surface area contributed by atoms with E-state index >= 15 is 0 Å². The van der Waals surface area contributed by atoms with Crippen LogP contribution in [0.25, 0.3) is 11.4 Å². The molecule has 4 N–H and O–H groups in total. The van der Waals surface area contributed by atoms with Gasteiger partial charge in [0.2, 0.25) is 20.0 Å². The van der Waals surface area contributed by atoms with Gasteiger partial charge in [-0.25, -0.2) is 27.1 Å². The minimum atomic E-state index is -3.89. The number of nitro groups is 2. The first-order valence-electron chi connectivity index (χ1n) is 15.7. The topological polar surface area (TPSA) is 374 Å². The Hall–Kier alpha value is -6.16. The Labute approximate surface area is 369 Å². The van der Waals surface area contributed by atoms with Crippen LogP contribution in [0, 0.1) is 34.1 Å². The molecule has 0 aliphatic carbocycles. The van der Waals surface area contributed by atoms with E-state index in [-0.39, 0.29) is 113 Å². The Bertz CT molecular complexity index is 2800. The molecule has 24 nitrogen and oxygen atoms in total. The van der Waals surface area contributed by atoms with Crippen LogP contribution in [0.3, 0.4) is 0 Å². The summed E-state index contributed by atoms with van der Waals surface area (Å²) in [5.41, 5.74) is -2.10. The van der Waals surface area contributed by atoms with E-state index in [4.69, 9.17) is 10.3 Å². The zero-order valence-electron chi connectivity index (χ0n) is 30.8. The third kappa shape index (κ3) is 11.1. The molecule has 2 aromatic heterocycles. The summed E-state index contributed by atoms with van der Waals surface area (Å²) in [7, 11) is -7.77. The third-order valence-electron chi connectivity index (χ3n) is 7.62. The van der Waals surface area contributed by atoms with E-state index in [0.717, 1.165) is 45.8 Å². The van der Waals surface area contributed by atoms with E-state index < -0.39 is 52.5 Å². The van der Waals surface area contributed by atoms with Gasteiger partial charge in [0.15, 0.2) is 0 Å². The van der Waals surface area contributed by atoms with Crippen LogP contribution < -0.4 is 71.4 Å². The van der Waals surface area contributed by atoms with Crippen LogP contribution in [0.1, 0.15) is 11.4 Å². The molecule has 0 fully saturated rings. The molecule has 28 heteroatoms. The van der Waals surface area contributed by atoms with E-state index in [2.05, 4.69) is 30.7 Å². The summed E-state index contributed by atoms with van der Waals surface area (Å²) in [5, 5.41) is 78.1. The van der Waals surface area contributed by atoms with Crippen molar-refractivity contribution in [3.05, 3.63) is 137 Å². The number of hydrogen-bond acceptors (Lipinski definition) is 16. The second kappa shape index (κ2) is 19.3. The van der Waals surface area contributed by atoms with Gasteiger partial charge in [-0.3, -0.25) is 29.8 Å². The Balaban J connectivity index is 0.000000310. The van der Waals surface area contributed by atoms with Crippen molar-refractivity contribution in [2.24, 2.45) is 30.7 Å². The molecular formula is C32H24FeN12NaO12S2. The number of aromatic nitrogens is 4. The molecular weight excluding hydrogens is 887 g/mol. The van der Waals surface area contributed by atoms with Crippen LogP contribution in [-0.4, -0.2) is 36.0 Å². The second-order valence-corrected chi connectivity index (χ2v) is 14.7. The summed E-state index contributed by atoms with van der Waals surface area (Å²) < 4.78 is 47.2. The van der Waals surface area contributed by atoms with E-state index in [1.54, 1.807) is 0 Å². The van der Waals surface area contributed by atoms with E-state index in [1.807, 2.05) is 0 Å². The number of sulfonamides is 2. The average molecular weight is 912 g/mol. The van der Waals surface area contributed by atoms with Crippen molar-refractivity contribution in [3.8, 4) is 22.9 Å². The van der Waals surface area contributed by atoms with Gasteiger partial charge in [-0.05, 0) is 48.5 Å². The number of rotatable bonds is 10. The Morgan fingerprint density at radius 1 is 0.583 bits per heavy atom. The Morgan fingerprint density at radius 2 is 0.900 bits per heavy atom. The van der Waals surface area contributed by atoms with Crippen LogP contribution in [0.4, 0.5) is 34.1 Å². The molecule has 4 aromatic carbocycles. The molecule has 0 saturated heterocycles. The molecule has 6 aromatic rings. The van der Waals surface area contributed by atoms with Crippen molar-refractivity contribution in [1.82, 2.24) is 19.6 Å². The number of nitrogens with two attached hydrogens (primary N) is 2. The summed E-state index contributed by atoms with van der Waals surface area (Å²) in [4.78, 5) is 45.1. The van der Waals surface area contributed by atoms with Crippen molar-refractivity contribution in [2.75, 3.05) is 0 Å². The van der Waals surface area contributed by atoms with Gasteiger partial charge < -0.3 is 29.8 Å². The molecule has 0 saturated carbocycles. The molecule has 0 aliphatic heterocycles. The number of hydrogen-bond donors (Lipinski definition) is 2. The maximum absolute atomic E-state index is 12.6. The summed E-state index contributed by atoms with van der Waals surface area (Å²) in [6.45, 7) is 2.97. The molecule has 0 bridgehead atoms. The van der Waals surface area contributed by atoms with Crippen molar-refractivity contribution in [2.45, 2.75) is 23.6 Å². The number of primary sulfonamides is 2. The minimum Gasteiger partial charge on any atom is -0.871 e. The van der Waals surface area contributed by atoms with E-state index in [9.17, 15) is 56.9 Å². The predicted molar refractivity (Wildman–Crippen MR) is 196 cm³/mol. The Morgan fingerprint density at radius 3 is 1.18 bits per heavy atom. The summed E-state index contributed by atoms with van der Waals surface area (Å²) in [5.74, 6) is -1.20. The molecule has 2 heterocycles. The van der Waals surface area contributed by atoms with Gasteiger partial charge in [-0.1, -0.05) is 37.5 Å². The van der Waals surface area contributed by atoms with Crippen LogP contribution in [0.2, 0.25) is 0 Å². The van der Waals surface area contributed by atoms with E-state index in [0.29, 0.717) is 0 Å². The zero-order chi connectivity index (χ0) is 42.7. The van der Waals surface area contributed by atoms with Crippen LogP contribution in [-0.2, 0) is 37.1 Å². The number of nitrogens with zero attached hydrogens (tertiary/aromatic N) is 10. The first-order chi connectivity index (χ1) is 27.1. The van der Waals surface area contributed by atoms with Crippen molar-refractivity contribution >= 4 is 54.2 Å². The molecule has 0 aliphatic rings. The standard InChI is InChI=1S/2C16H14N6O6S.Fe.Na/c2*1-9-15(19-18-13-8-11(22(25)26)4-7-14(13)23)16(24)21(20-9)10-2-5-12(6-3-10)29(17,27)28;;/h2*2-8H,1H3,(H4,17,18,19,20,23,24,27,28);;/q;;+3;+1/p-4. The molecule has 0 spiro atoms. The summed E-state index contributed by atoms with van der Waals surface area (Å²) in [6.07, 6.45) is 0. The maximum atomic E-state index is 12.6. The molecule has 6 rings (SSSR count). The fraction of sp³-hybridized carbons (Fsp3) is 0.0625. The average Bonchev–Trinajstić information content (AvgIpc) is 3.61. The minimum absolute atomic E-state index is 0. The van der Waals surface area contributed by atoms with Crippen LogP contribution >= 0.6 is 0 Å². The molecule has 305 valence electrons. The summed E-state index contributed by atoms with van der Waals surface area (Å²) >= 11 is 0. The van der Waals surface area contributed by atoms with Crippen molar-refractivity contribution in [1.29, 1.82) is 0 Å². The zero-order valence-corrected chi connectivity index (χ0v) is 35.5. The quantitative estimate of drug-likeness (QED) is 0.0743. The number of nitro benzene ring substituents is 2. The molecule has 60 heavy (non-hydrogen) atoms. The van der Waals surface area contributed by atoms with Gasteiger partial charge in [0.05, 0.1) is 31.0 Å². The monoisotopic (exact) mass is 911 g/mol. The molecule has 0 amide bonds. The number of non-ortho nitro benzene ring substituents is 2. The van der Waals surface area contributed by atoms with E-state index in [1.165, 1.54) is 62.4 Å². The van der Waals surface area contributed by atoms with Gasteiger partial charge in [-0.2, -0.15) is 10.2 Å². The smallest absolute Gasteiger partial charge is 0.871 e. The summed E-state index contributed by atoms with van der Waals surface area (Å²) in [6, 6.07) is 16.1. The predicted octanol–water partition coefficient (Wildman–Crippen LogP) is -0.703. The number of benzene rings is 4. The largest absolute Gasteiger partial charge is 3.00 e. The van der Waals surface area contributed by atoms with Gasteiger partial charge >= 0.3 is 46.6 Å². The maximum Gasteiger partial charge on any atom is 3.00 e. The Kier molecular flexibility index (Phi) is 15.5. The SMILES string of the molecule is Cc1[n-]n(-c2ccc(S(N)(=O)=O)cc2)c(=O)c1N=Nc1cc([N+](=O)[O-])ccc1[O-].Cc1[n-]n(-c2ccc(S(N)(=O)=O)cc2)c(=O)c1N=Nc1cc([N+](=O)[O-])ccc1[O-].[Fe+3].[Na+]. The van der Waals surface area contributed by atoms with Gasteiger partial charge in [0.25, 0.3) is 22.5 Å². The number of azo groups is 2. The van der Waals surface area contributed by atoms with Crippen molar-refractivity contribution < 1.29 is 83.5 Å². The second-order valence-electron chi connectivity index (χ2n) is 11.6. The van der Waals surface area contributed by atoms with Gasteiger partial charge in [0, 0.05) is 35.6 Å². The first-order valence-corrected chi connectivity index (χ1v) is 18.8.